The molecule has 2 aromatic heterocycles. The SMILES string of the molecule is [C-]#[N+]c1ccc(-c2cc3n(c2)Cc2cc(N4C[C@@H](CN(C)C)CC4=O)c(C)cc2-n2ccnc2-3)cc1. The van der Waals surface area contributed by atoms with Gasteiger partial charge < -0.3 is 14.4 Å². The zero-order chi connectivity index (χ0) is 25.0. The van der Waals surface area contributed by atoms with Crippen LogP contribution in [0.3, 0.4) is 0 Å². The largest absolute Gasteiger partial charge is 0.340 e. The average Bonchev–Trinajstić information content (AvgIpc) is 3.57. The number of hydrogen-bond acceptors (Lipinski definition) is 3. The number of aromatic nitrogens is 3. The highest BCUT2D eigenvalue weighted by molar-refractivity contribution is 5.96. The topological polar surface area (TPSA) is 50.7 Å². The summed E-state index contributed by atoms with van der Waals surface area (Å²) in [6.45, 7) is 11.7. The lowest BCUT2D eigenvalue weighted by molar-refractivity contribution is -0.117. The van der Waals surface area contributed by atoms with Gasteiger partial charge in [0.05, 0.1) is 18.0 Å². The molecular weight excluding hydrogens is 448 g/mol. The summed E-state index contributed by atoms with van der Waals surface area (Å²) in [5.41, 5.74) is 8.20. The predicted molar refractivity (Wildman–Crippen MR) is 142 cm³/mol. The molecule has 0 unspecified atom stereocenters. The molecule has 180 valence electrons. The summed E-state index contributed by atoms with van der Waals surface area (Å²) in [6.07, 6.45) is 6.60. The van der Waals surface area contributed by atoms with Crippen LogP contribution in [-0.4, -0.2) is 52.1 Å². The minimum Gasteiger partial charge on any atom is -0.340 e. The van der Waals surface area contributed by atoms with Crippen molar-refractivity contribution in [2.24, 2.45) is 5.92 Å². The van der Waals surface area contributed by atoms with Crippen molar-refractivity contribution < 1.29 is 4.79 Å². The fourth-order valence-corrected chi connectivity index (χ4v) is 5.61. The Bertz CT molecular complexity index is 1520. The summed E-state index contributed by atoms with van der Waals surface area (Å²) in [6, 6.07) is 14.3. The third-order valence-electron chi connectivity index (χ3n) is 7.21. The Balaban J connectivity index is 1.41. The fraction of sp³-hybridized carbons (Fsp3) is 0.276. The van der Waals surface area contributed by atoms with Gasteiger partial charge in [-0.3, -0.25) is 9.36 Å². The number of imidazole rings is 1. The number of carbonyl (C=O) groups is 1. The molecule has 7 nitrogen and oxygen atoms in total. The highest BCUT2D eigenvalue weighted by Crippen LogP contribution is 2.38. The second kappa shape index (κ2) is 8.51. The van der Waals surface area contributed by atoms with Gasteiger partial charge in [0, 0.05) is 55.9 Å². The summed E-state index contributed by atoms with van der Waals surface area (Å²) < 4.78 is 4.39. The molecule has 0 radical (unpaired) electrons. The number of rotatable bonds is 4. The minimum absolute atomic E-state index is 0.202. The second-order valence-electron chi connectivity index (χ2n) is 10.1. The first-order chi connectivity index (χ1) is 17.4. The molecule has 0 bridgehead atoms. The van der Waals surface area contributed by atoms with Crippen LogP contribution in [0.1, 0.15) is 17.5 Å². The Morgan fingerprint density at radius 1 is 1.11 bits per heavy atom. The zero-order valence-corrected chi connectivity index (χ0v) is 20.8. The van der Waals surface area contributed by atoms with Gasteiger partial charge in [-0.25, -0.2) is 9.83 Å². The van der Waals surface area contributed by atoms with Crippen molar-refractivity contribution in [3.63, 3.8) is 0 Å². The molecule has 1 atom stereocenters. The van der Waals surface area contributed by atoms with Gasteiger partial charge in [0.25, 0.3) is 0 Å². The molecule has 0 aliphatic carbocycles. The van der Waals surface area contributed by atoms with Crippen LogP contribution in [0.15, 0.2) is 61.1 Å². The molecule has 2 aliphatic heterocycles. The van der Waals surface area contributed by atoms with Gasteiger partial charge in [-0.15, -0.1) is 0 Å². The van der Waals surface area contributed by atoms with E-state index in [1.807, 2.05) is 41.6 Å². The number of aryl methyl sites for hydroxylation is 1. The third-order valence-corrected chi connectivity index (χ3v) is 7.21. The van der Waals surface area contributed by atoms with Gasteiger partial charge in [0.15, 0.2) is 11.5 Å². The first-order valence-corrected chi connectivity index (χ1v) is 12.2. The van der Waals surface area contributed by atoms with Crippen molar-refractivity contribution in [2.75, 3.05) is 32.1 Å². The third kappa shape index (κ3) is 3.71. The minimum atomic E-state index is 0.202. The van der Waals surface area contributed by atoms with Crippen molar-refractivity contribution in [3.8, 4) is 28.3 Å². The smallest absolute Gasteiger partial charge is 0.227 e. The van der Waals surface area contributed by atoms with E-state index in [0.29, 0.717) is 24.6 Å². The van der Waals surface area contributed by atoms with E-state index >= 15 is 0 Å². The number of anilines is 1. The van der Waals surface area contributed by atoms with Crippen LogP contribution in [0.4, 0.5) is 11.4 Å². The van der Waals surface area contributed by atoms with E-state index in [0.717, 1.165) is 58.2 Å². The standard InChI is InChI=1S/C29H28N6O/c1-19-11-26-23(14-25(19)35-16-20(12-28(35)36)15-32(3)4)18-33-17-22(21-5-7-24(30-2)8-6-21)13-27(33)29-31-9-10-34(26)29/h5-11,13-14,17,20H,12,15-16,18H2,1,3-4H3/t20-/m1/s1. The van der Waals surface area contributed by atoms with Crippen LogP contribution in [0.5, 0.6) is 0 Å². The molecule has 36 heavy (non-hydrogen) atoms. The van der Waals surface area contributed by atoms with Crippen LogP contribution in [0, 0.1) is 19.4 Å². The van der Waals surface area contributed by atoms with Gasteiger partial charge in [0.1, 0.15) is 0 Å². The summed E-state index contributed by atoms with van der Waals surface area (Å²) >= 11 is 0. The number of nitrogens with zero attached hydrogens (tertiary/aromatic N) is 6. The maximum atomic E-state index is 13.0. The zero-order valence-electron chi connectivity index (χ0n) is 20.8. The summed E-state index contributed by atoms with van der Waals surface area (Å²) in [5.74, 6) is 1.45. The molecule has 6 rings (SSSR count). The van der Waals surface area contributed by atoms with E-state index in [1.54, 1.807) is 0 Å². The Morgan fingerprint density at radius 2 is 1.92 bits per heavy atom. The molecule has 2 aliphatic rings. The molecule has 1 fully saturated rings. The fourth-order valence-electron chi connectivity index (χ4n) is 5.61. The van der Waals surface area contributed by atoms with E-state index in [-0.39, 0.29) is 5.91 Å². The highest BCUT2D eigenvalue weighted by atomic mass is 16.2. The Labute approximate surface area is 211 Å². The predicted octanol–water partition coefficient (Wildman–Crippen LogP) is 5.14. The number of hydrogen-bond donors (Lipinski definition) is 0. The average molecular weight is 477 g/mol. The normalized spacial score (nSPS) is 16.5. The molecule has 0 saturated carbocycles. The van der Waals surface area contributed by atoms with Gasteiger partial charge in [-0.05, 0) is 61.8 Å². The summed E-state index contributed by atoms with van der Waals surface area (Å²) in [7, 11) is 4.12. The number of carbonyl (C=O) groups excluding carboxylic acids is 1. The maximum Gasteiger partial charge on any atom is 0.227 e. The van der Waals surface area contributed by atoms with Crippen molar-refractivity contribution in [3.05, 3.63) is 83.6 Å². The van der Waals surface area contributed by atoms with Crippen LogP contribution in [-0.2, 0) is 11.3 Å². The lowest BCUT2D eigenvalue weighted by Gasteiger charge is -2.23. The molecule has 1 amide bonds. The molecule has 4 aromatic rings. The maximum absolute atomic E-state index is 13.0. The van der Waals surface area contributed by atoms with Crippen molar-refractivity contribution >= 4 is 17.3 Å². The van der Waals surface area contributed by atoms with E-state index < -0.39 is 0 Å². The molecule has 2 aromatic carbocycles. The molecule has 0 N–H and O–H groups in total. The van der Waals surface area contributed by atoms with E-state index in [1.165, 1.54) is 0 Å². The quantitative estimate of drug-likeness (QED) is 0.338. The monoisotopic (exact) mass is 476 g/mol. The molecular formula is C29H28N6O. The van der Waals surface area contributed by atoms with Gasteiger partial charge in [-0.2, -0.15) is 0 Å². The van der Waals surface area contributed by atoms with E-state index in [4.69, 9.17) is 11.6 Å². The van der Waals surface area contributed by atoms with Crippen molar-refractivity contribution in [1.82, 2.24) is 19.0 Å². The number of fused-ring (bicyclic) bond motifs is 5. The van der Waals surface area contributed by atoms with Crippen LogP contribution in [0.25, 0.3) is 33.2 Å². The van der Waals surface area contributed by atoms with Crippen LogP contribution >= 0.6 is 0 Å². The lowest BCUT2D eigenvalue weighted by Crippen LogP contribution is -2.28. The number of benzene rings is 2. The van der Waals surface area contributed by atoms with Crippen LogP contribution in [0.2, 0.25) is 0 Å². The van der Waals surface area contributed by atoms with Crippen molar-refractivity contribution in [1.29, 1.82) is 0 Å². The lowest BCUT2D eigenvalue weighted by atomic mass is 10.1. The highest BCUT2D eigenvalue weighted by Gasteiger charge is 2.32. The van der Waals surface area contributed by atoms with Crippen molar-refractivity contribution in [2.45, 2.75) is 19.9 Å². The van der Waals surface area contributed by atoms with Gasteiger partial charge in [0.2, 0.25) is 5.91 Å². The summed E-state index contributed by atoms with van der Waals surface area (Å²) in [5, 5.41) is 0. The van der Waals surface area contributed by atoms with E-state index in [9.17, 15) is 4.79 Å². The number of amides is 1. The molecule has 4 heterocycles. The Morgan fingerprint density at radius 3 is 2.67 bits per heavy atom. The Hall–Kier alpha value is -4.15. The first-order valence-electron chi connectivity index (χ1n) is 12.2. The van der Waals surface area contributed by atoms with Crippen LogP contribution < -0.4 is 4.90 Å². The molecule has 1 saturated heterocycles. The molecule has 7 heteroatoms. The van der Waals surface area contributed by atoms with Gasteiger partial charge in [-0.1, -0.05) is 24.3 Å². The van der Waals surface area contributed by atoms with E-state index in [2.05, 4.69) is 64.3 Å². The summed E-state index contributed by atoms with van der Waals surface area (Å²) in [4.78, 5) is 25.3. The Kier molecular flexibility index (Phi) is 5.27. The van der Waals surface area contributed by atoms with Gasteiger partial charge >= 0.3 is 0 Å². The molecule has 0 spiro atoms. The second-order valence-corrected chi connectivity index (χ2v) is 10.1. The first kappa shape index (κ1) is 22.3.